The van der Waals surface area contributed by atoms with Crippen molar-refractivity contribution in [2.45, 2.75) is 56.1 Å². The van der Waals surface area contributed by atoms with E-state index in [-0.39, 0.29) is 4.90 Å². The maximum absolute atomic E-state index is 13.1. The highest BCUT2D eigenvalue weighted by Crippen LogP contribution is 2.42. The average molecular weight is 417 g/mol. The highest BCUT2D eigenvalue weighted by molar-refractivity contribution is 7.91. The molecule has 2 atom stereocenters. The van der Waals surface area contributed by atoms with E-state index in [0.717, 1.165) is 54.5 Å². The van der Waals surface area contributed by atoms with E-state index in [0.29, 0.717) is 30.9 Å². The zero-order valence-corrected chi connectivity index (χ0v) is 16.8. The van der Waals surface area contributed by atoms with E-state index in [4.69, 9.17) is 5.14 Å². The summed E-state index contributed by atoms with van der Waals surface area (Å²) in [4.78, 5) is 13.0. The molecule has 1 aliphatic heterocycles. The Hall–Kier alpha value is -2.43. The van der Waals surface area contributed by atoms with Crippen LogP contribution in [0.5, 0.6) is 0 Å². The molecule has 0 bridgehead atoms. The first-order chi connectivity index (χ1) is 13.9. The molecule has 29 heavy (non-hydrogen) atoms. The van der Waals surface area contributed by atoms with Gasteiger partial charge in [-0.15, -0.1) is 4.36 Å². The molecule has 5 rings (SSSR count). The van der Waals surface area contributed by atoms with Gasteiger partial charge in [0, 0.05) is 18.8 Å². The van der Waals surface area contributed by atoms with Gasteiger partial charge >= 0.3 is 6.03 Å². The fourth-order valence-electron chi connectivity index (χ4n) is 4.64. The number of anilines is 2. The van der Waals surface area contributed by atoms with Gasteiger partial charge < -0.3 is 15.7 Å². The molecule has 9 nitrogen and oxygen atoms in total. The molecule has 5 N–H and O–H groups in total. The van der Waals surface area contributed by atoms with Crippen LogP contribution in [0.2, 0.25) is 0 Å². The van der Waals surface area contributed by atoms with Crippen LogP contribution in [0.25, 0.3) is 0 Å². The molecule has 2 aliphatic carbocycles. The van der Waals surface area contributed by atoms with Gasteiger partial charge in [-0.25, -0.2) is 18.8 Å². The fraction of sp³-hybridized carbons (Fsp3) is 0.474. The number of nitrogens with two attached hydrogens (primary N) is 1. The molecular weight excluding hydrogens is 392 g/mol. The first-order valence-electron chi connectivity index (χ1n) is 9.95. The number of urea groups is 1. The summed E-state index contributed by atoms with van der Waals surface area (Å²) in [6.07, 6.45) is 5.96. The SMILES string of the molecule is NS(=O)(=NC(=O)Nc1c2c(cc3c1CCC3O)CCC2)c1cnn2c1NCCC2. The minimum absolute atomic E-state index is 0.242. The van der Waals surface area contributed by atoms with Gasteiger partial charge in [-0.2, -0.15) is 5.10 Å². The van der Waals surface area contributed by atoms with Crippen molar-refractivity contribution in [3.05, 3.63) is 34.5 Å². The van der Waals surface area contributed by atoms with Crippen LogP contribution < -0.4 is 15.8 Å². The first kappa shape index (κ1) is 18.6. The van der Waals surface area contributed by atoms with Crippen LogP contribution >= 0.6 is 0 Å². The number of fused-ring (bicyclic) bond motifs is 3. The van der Waals surface area contributed by atoms with E-state index in [9.17, 15) is 14.1 Å². The van der Waals surface area contributed by atoms with Crippen LogP contribution in [-0.4, -0.2) is 31.7 Å². The van der Waals surface area contributed by atoms with Crippen molar-refractivity contribution in [1.29, 1.82) is 0 Å². The fourth-order valence-corrected chi connectivity index (χ4v) is 5.68. The highest BCUT2D eigenvalue weighted by Gasteiger charge is 2.30. The lowest BCUT2D eigenvalue weighted by atomic mass is 9.98. The summed E-state index contributed by atoms with van der Waals surface area (Å²) < 4.78 is 18.6. The molecule has 2 heterocycles. The smallest absolute Gasteiger partial charge is 0.354 e. The normalized spacial score (nSPS) is 21.5. The predicted molar refractivity (Wildman–Crippen MR) is 109 cm³/mol. The van der Waals surface area contributed by atoms with Gasteiger partial charge in [-0.1, -0.05) is 6.07 Å². The lowest BCUT2D eigenvalue weighted by molar-refractivity contribution is 0.180. The number of aliphatic hydroxyl groups is 1. The molecular formula is C19H24N6O3S. The van der Waals surface area contributed by atoms with Crippen LogP contribution in [0.15, 0.2) is 21.5 Å². The standard InChI is InChI=1S/C19H24N6O3S/c20-29(28,16-10-22-25-8-2-7-21-18(16)25)24-19(27)23-17-12-4-1-3-11(12)9-14-13(17)5-6-15(14)26/h9-10,15,21,26H,1-8H2,(H3,20,23,24,27,28). The summed E-state index contributed by atoms with van der Waals surface area (Å²) in [5.74, 6) is 0.560. The first-order valence-corrected chi connectivity index (χ1v) is 11.5. The molecule has 10 heteroatoms. The topological polar surface area (TPSA) is 135 Å². The Balaban J connectivity index is 1.50. The summed E-state index contributed by atoms with van der Waals surface area (Å²) in [6.45, 7) is 1.43. The number of carbonyl (C=O) groups excluding carboxylic acids is 1. The second kappa shape index (κ2) is 6.82. The molecule has 0 spiro atoms. The van der Waals surface area contributed by atoms with Crippen molar-refractivity contribution in [2.24, 2.45) is 9.50 Å². The molecule has 3 aliphatic rings. The molecule has 0 fully saturated rings. The van der Waals surface area contributed by atoms with Crippen LogP contribution in [0, 0.1) is 0 Å². The second-order valence-electron chi connectivity index (χ2n) is 7.82. The maximum atomic E-state index is 13.1. The van der Waals surface area contributed by atoms with E-state index in [2.05, 4.69) is 26.2 Å². The van der Waals surface area contributed by atoms with Gasteiger partial charge in [0.15, 0.2) is 0 Å². The molecule has 154 valence electrons. The average Bonchev–Trinajstić information content (AvgIpc) is 3.40. The number of hydrogen-bond donors (Lipinski definition) is 4. The molecule has 1 aromatic carbocycles. The number of benzene rings is 1. The summed E-state index contributed by atoms with van der Waals surface area (Å²) in [6, 6.07) is 1.33. The lowest BCUT2D eigenvalue weighted by Crippen LogP contribution is -2.22. The Kier molecular flexibility index (Phi) is 4.37. The van der Waals surface area contributed by atoms with Crippen LogP contribution in [0.3, 0.4) is 0 Å². The van der Waals surface area contributed by atoms with Gasteiger partial charge in [-0.3, -0.25) is 0 Å². The van der Waals surface area contributed by atoms with E-state index < -0.39 is 22.1 Å². The number of amides is 2. The summed E-state index contributed by atoms with van der Waals surface area (Å²) >= 11 is 0. The molecule has 2 amide bonds. The van der Waals surface area contributed by atoms with Gasteiger partial charge in [0.25, 0.3) is 0 Å². The number of nitrogens with one attached hydrogen (secondary N) is 2. The molecule has 2 unspecified atom stereocenters. The quantitative estimate of drug-likeness (QED) is 0.595. The number of aliphatic hydroxyl groups excluding tert-OH is 1. The number of nitrogens with zero attached hydrogens (tertiary/aromatic N) is 3. The molecule has 1 aromatic heterocycles. The Morgan fingerprint density at radius 1 is 1.34 bits per heavy atom. The second-order valence-corrected chi connectivity index (χ2v) is 9.58. The van der Waals surface area contributed by atoms with Crippen LogP contribution in [0.4, 0.5) is 16.3 Å². The summed E-state index contributed by atoms with van der Waals surface area (Å²) in [7, 11) is -3.45. The van der Waals surface area contributed by atoms with E-state index in [1.54, 1.807) is 4.68 Å². The van der Waals surface area contributed by atoms with Gasteiger partial charge in [0.2, 0.25) is 0 Å². The Labute approximate surface area is 169 Å². The van der Waals surface area contributed by atoms with Crippen molar-refractivity contribution in [3.8, 4) is 0 Å². The zero-order valence-electron chi connectivity index (χ0n) is 16.0. The number of rotatable bonds is 2. The van der Waals surface area contributed by atoms with Crippen LogP contribution in [-0.2, 0) is 35.7 Å². The Morgan fingerprint density at radius 3 is 3.07 bits per heavy atom. The van der Waals surface area contributed by atoms with E-state index >= 15 is 0 Å². The lowest BCUT2D eigenvalue weighted by Gasteiger charge is -2.17. The van der Waals surface area contributed by atoms with Crippen molar-refractivity contribution in [1.82, 2.24) is 9.78 Å². The van der Waals surface area contributed by atoms with Gasteiger partial charge in [0.05, 0.1) is 12.3 Å². The highest BCUT2D eigenvalue weighted by atomic mass is 32.2. The van der Waals surface area contributed by atoms with Crippen molar-refractivity contribution >= 4 is 27.5 Å². The third kappa shape index (κ3) is 3.11. The number of aromatic nitrogens is 2. The number of hydrogen-bond acceptors (Lipinski definition) is 5. The third-order valence-corrected chi connectivity index (χ3v) is 7.35. The molecule has 0 saturated heterocycles. The zero-order chi connectivity index (χ0) is 20.2. The van der Waals surface area contributed by atoms with Crippen molar-refractivity contribution < 1.29 is 14.1 Å². The third-order valence-electron chi connectivity index (χ3n) is 5.98. The van der Waals surface area contributed by atoms with E-state index in [1.807, 2.05) is 0 Å². The van der Waals surface area contributed by atoms with Gasteiger partial charge in [0.1, 0.15) is 20.6 Å². The molecule has 0 saturated carbocycles. The monoisotopic (exact) mass is 416 g/mol. The summed E-state index contributed by atoms with van der Waals surface area (Å²) in [5, 5.41) is 26.4. The molecule has 0 radical (unpaired) electrons. The van der Waals surface area contributed by atoms with E-state index in [1.165, 1.54) is 6.20 Å². The Bertz CT molecular complexity index is 1130. The number of aryl methyl sites for hydroxylation is 2. The van der Waals surface area contributed by atoms with Crippen LogP contribution in [0.1, 0.15) is 47.6 Å². The minimum Gasteiger partial charge on any atom is -0.388 e. The largest absolute Gasteiger partial charge is 0.388 e. The minimum atomic E-state index is -3.45. The molecule has 2 aromatic rings. The maximum Gasteiger partial charge on any atom is 0.354 e. The number of carbonyl (C=O) groups is 1. The van der Waals surface area contributed by atoms with Crippen molar-refractivity contribution in [3.63, 3.8) is 0 Å². The predicted octanol–water partition coefficient (Wildman–Crippen LogP) is 2.10. The Morgan fingerprint density at radius 2 is 2.21 bits per heavy atom. The van der Waals surface area contributed by atoms with Crippen molar-refractivity contribution in [2.75, 3.05) is 17.2 Å². The summed E-state index contributed by atoms with van der Waals surface area (Å²) in [5.41, 5.74) is 4.79. The van der Waals surface area contributed by atoms with Gasteiger partial charge in [-0.05, 0) is 60.8 Å².